The molecule has 0 atom stereocenters. The van der Waals surface area contributed by atoms with E-state index < -0.39 is 23.5 Å². The van der Waals surface area contributed by atoms with Gasteiger partial charge in [-0.05, 0) is 59.7 Å². The Labute approximate surface area is 227 Å². The molecular weight excluding hydrogens is 583 g/mol. The van der Waals surface area contributed by atoms with Gasteiger partial charge in [-0.3, -0.25) is 0 Å². The van der Waals surface area contributed by atoms with Gasteiger partial charge in [0.2, 0.25) is 0 Å². The summed E-state index contributed by atoms with van der Waals surface area (Å²) < 4.78 is 77.0. The lowest BCUT2D eigenvalue weighted by Gasteiger charge is -2.06. The molecule has 0 radical (unpaired) electrons. The lowest BCUT2D eigenvalue weighted by Crippen LogP contribution is -2.03. The highest BCUT2D eigenvalue weighted by atomic mass is 32.1. The van der Waals surface area contributed by atoms with E-state index >= 15 is 0 Å². The number of hydrogen-bond donors (Lipinski definition) is 0. The second kappa shape index (κ2) is 9.30. The molecule has 38 heavy (non-hydrogen) atoms. The van der Waals surface area contributed by atoms with Gasteiger partial charge in [-0.1, -0.05) is 46.9 Å². The maximum absolute atomic E-state index is 12.8. The molecule has 12 heteroatoms. The average molecular weight is 595 g/mol. The van der Waals surface area contributed by atoms with Crippen molar-refractivity contribution < 1.29 is 26.3 Å². The Hall–Kier alpha value is -3.06. The molecule has 0 saturated heterocycles. The van der Waals surface area contributed by atoms with Crippen LogP contribution in [0.4, 0.5) is 26.3 Å². The van der Waals surface area contributed by atoms with Crippen LogP contribution >= 0.6 is 45.3 Å². The van der Waals surface area contributed by atoms with Gasteiger partial charge >= 0.3 is 12.4 Å². The van der Waals surface area contributed by atoms with Gasteiger partial charge < -0.3 is 0 Å². The van der Waals surface area contributed by atoms with Crippen LogP contribution in [-0.2, 0) is 12.4 Å². The monoisotopic (exact) mass is 594 g/mol. The molecule has 0 bridgehead atoms. The first-order valence-corrected chi connectivity index (χ1v) is 14.1. The zero-order valence-corrected chi connectivity index (χ0v) is 22.0. The molecule has 0 aliphatic heterocycles. The molecule has 0 spiro atoms. The second-order valence-electron chi connectivity index (χ2n) is 8.13. The van der Waals surface area contributed by atoms with Crippen molar-refractivity contribution in [2.45, 2.75) is 12.4 Å². The van der Waals surface area contributed by atoms with Crippen molar-refractivity contribution in [3.8, 4) is 40.7 Å². The molecule has 0 fully saturated rings. The third-order valence-corrected chi connectivity index (χ3v) is 10.2. The fourth-order valence-corrected chi connectivity index (χ4v) is 7.89. The lowest BCUT2D eigenvalue weighted by atomic mass is 10.1. The molecule has 6 aromatic rings. The van der Waals surface area contributed by atoms with Crippen LogP contribution in [0.1, 0.15) is 11.1 Å². The Kier molecular flexibility index (Phi) is 6.17. The zero-order chi connectivity index (χ0) is 26.7. The average Bonchev–Trinajstić information content (AvgIpc) is 3.66. The first-order chi connectivity index (χ1) is 18.0. The Morgan fingerprint density at radius 2 is 0.763 bits per heavy atom. The zero-order valence-electron chi connectivity index (χ0n) is 18.7. The molecule has 0 saturated carbocycles. The van der Waals surface area contributed by atoms with Crippen LogP contribution in [0.15, 0.2) is 72.8 Å². The van der Waals surface area contributed by atoms with Gasteiger partial charge in [0, 0.05) is 9.75 Å². The fourth-order valence-electron chi connectivity index (χ4n) is 3.72. The van der Waals surface area contributed by atoms with E-state index in [1.807, 2.05) is 24.3 Å². The minimum atomic E-state index is -4.37. The molecule has 0 unspecified atom stereocenters. The highest BCUT2D eigenvalue weighted by molar-refractivity contribution is 7.32. The van der Waals surface area contributed by atoms with E-state index in [0.29, 0.717) is 11.1 Å². The van der Waals surface area contributed by atoms with Gasteiger partial charge in [-0.2, -0.15) is 26.3 Å². The fraction of sp³-hybridized carbons (Fsp3) is 0.0769. The summed E-state index contributed by atoms with van der Waals surface area (Å²) in [5.74, 6) is 0. The van der Waals surface area contributed by atoms with Gasteiger partial charge in [-0.25, -0.2) is 9.97 Å². The van der Waals surface area contributed by atoms with Crippen molar-refractivity contribution in [2.24, 2.45) is 0 Å². The van der Waals surface area contributed by atoms with E-state index in [0.717, 1.165) is 63.5 Å². The number of nitrogens with zero attached hydrogens (tertiary/aromatic N) is 2. The predicted octanol–water partition coefficient (Wildman–Crippen LogP) is 10.6. The maximum atomic E-state index is 12.8. The van der Waals surface area contributed by atoms with Crippen LogP contribution in [0.3, 0.4) is 0 Å². The molecular formula is C26H12F6N2S4. The predicted molar refractivity (Wildman–Crippen MR) is 143 cm³/mol. The van der Waals surface area contributed by atoms with Crippen LogP contribution < -0.4 is 0 Å². The lowest BCUT2D eigenvalue weighted by molar-refractivity contribution is -0.138. The highest BCUT2D eigenvalue weighted by Crippen LogP contribution is 2.43. The second-order valence-corrected chi connectivity index (χ2v) is 12.2. The summed E-state index contributed by atoms with van der Waals surface area (Å²) in [4.78, 5) is 14.5. The van der Waals surface area contributed by atoms with Crippen molar-refractivity contribution in [2.75, 3.05) is 0 Å². The summed E-state index contributed by atoms with van der Waals surface area (Å²) in [6.45, 7) is 0. The number of thiazole rings is 2. The van der Waals surface area contributed by atoms with Crippen molar-refractivity contribution in [1.82, 2.24) is 9.97 Å². The van der Waals surface area contributed by atoms with Crippen LogP contribution in [0, 0.1) is 0 Å². The van der Waals surface area contributed by atoms with E-state index in [-0.39, 0.29) is 0 Å². The molecule has 2 aromatic carbocycles. The van der Waals surface area contributed by atoms with Crippen LogP contribution in [-0.4, -0.2) is 9.97 Å². The number of thiophene rings is 2. The summed E-state index contributed by atoms with van der Waals surface area (Å²) >= 11 is 5.77. The van der Waals surface area contributed by atoms with Crippen molar-refractivity contribution in [1.29, 1.82) is 0 Å². The molecule has 6 rings (SSSR count). The van der Waals surface area contributed by atoms with Crippen molar-refractivity contribution in [3.05, 3.63) is 83.9 Å². The minimum absolute atomic E-state index is 0.683. The Morgan fingerprint density at radius 1 is 0.421 bits per heavy atom. The highest BCUT2D eigenvalue weighted by Gasteiger charge is 2.31. The molecule has 0 N–H and O–H groups in total. The molecule has 4 aromatic heterocycles. The van der Waals surface area contributed by atoms with Gasteiger partial charge in [0.1, 0.15) is 10.0 Å². The van der Waals surface area contributed by atoms with Gasteiger partial charge in [0.15, 0.2) is 9.66 Å². The third kappa shape index (κ3) is 4.89. The molecule has 0 aliphatic carbocycles. The summed E-state index contributed by atoms with van der Waals surface area (Å²) in [6.07, 6.45) is -8.74. The first-order valence-electron chi connectivity index (χ1n) is 10.9. The first kappa shape index (κ1) is 25.2. The van der Waals surface area contributed by atoms with E-state index in [4.69, 9.17) is 9.97 Å². The smallest absolute Gasteiger partial charge is 0.222 e. The number of hydrogen-bond acceptors (Lipinski definition) is 6. The van der Waals surface area contributed by atoms with E-state index in [1.165, 1.54) is 69.6 Å². The van der Waals surface area contributed by atoms with Crippen molar-refractivity contribution >= 4 is 55.0 Å². The molecule has 192 valence electrons. The normalized spacial score (nSPS) is 12.5. The molecule has 0 amide bonds. The molecule has 4 heterocycles. The summed E-state index contributed by atoms with van der Waals surface area (Å²) in [5.41, 5.74) is 0.0405. The Bertz CT molecular complexity index is 1580. The summed E-state index contributed by atoms with van der Waals surface area (Å²) in [5, 5.41) is 1.56. The van der Waals surface area contributed by atoms with Gasteiger partial charge in [-0.15, -0.1) is 22.7 Å². The number of halogens is 6. The number of alkyl halides is 6. The number of benzene rings is 2. The van der Waals surface area contributed by atoms with Crippen LogP contribution in [0.25, 0.3) is 50.3 Å². The Balaban J connectivity index is 1.21. The SMILES string of the molecule is FC(F)(F)c1ccc(-c2ccc(-c3nc4sc(-c5ccc(-c6ccc(C(F)(F)F)cc6)s5)nc4s3)s2)cc1. The third-order valence-electron chi connectivity index (χ3n) is 5.60. The van der Waals surface area contributed by atoms with E-state index in [9.17, 15) is 26.3 Å². The number of aromatic nitrogens is 2. The van der Waals surface area contributed by atoms with Crippen molar-refractivity contribution in [3.63, 3.8) is 0 Å². The number of rotatable bonds is 4. The van der Waals surface area contributed by atoms with Crippen LogP contribution in [0.2, 0.25) is 0 Å². The molecule has 2 nitrogen and oxygen atoms in total. The number of fused-ring (bicyclic) bond motifs is 1. The Morgan fingerprint density at radius 3 is 1.11 bits per heavy atom. The topological polar surface area (TPSA) is 25.8 Å². The van der Waals surface area contributed by atoms with Gasteiger partial charge in [0.05, 0.1) is 20.9 Å². The van der Waals surface area contributed by atoms with Gasteiger partial charge in [0.25, 0.3) is 0 Å². The quantitative estimate of drug-likeness (QED) is 0.190. The van der Waals surface area contributed by atoms with E-state index in [1.54, 1.807) is 0 Å². The van der Waals surface area contributed by atoms with E-state index in [2.05, 4.69) is 0 Å². The summed E-state index contributed by atoms with van der Waals surface area (Å²) in [6, 6.07) is 17.7. The largest absolute Gasteiger partial charge is 0.416 e. The minimum Gasteiger partial charge on any atom is -0.222 e. The summed E-state index contributed by atoms with van der Waals surface area (Å²) in [7, 11) is 0. The molecule has 0 aliphatic rings. The van der Waals surface area contributed by atoms with Crippen LogP contribution in [0.5, 0.6) is 0 Å². The standard InChI is InChI=1S/C26H12F6N2S4/c27-25(28,29)15-5-1-13(2-6-15)17-9-11-19(35-17)21-33-23-24(37-21)34-22(38-23)20-12-10-18(36-20)14-3-7-16(8-4-14)26(30,31)32/h1-12H. The maximum Gasteiger partial charge on any atom is 0.416 e.